The van der Waals surface area contributed by atoms with E-state index in [0.29, 0.717) is 35.4 Å². The number of hydrogen-bond acceptors (Lipinski definition) is 5. The number of hydrogen-bond donors (Lipinski definition) is 2. The van der Waals surface area contributed by atoms with E-state index in [0.717, 1.165) is 11.3 Å². The molecule has 0 radical (unpaired) electrons. The summed E-state index contributed by atoms with van der Waals surface area (Å²) >= 11 is 6.15. The average Bonchev–Trinajstić information content (AvgIpc) is 2.66. The van der Waals surface area contributed by atoms with Gasteiger partial charge in [-0.25, -0.2) is 9.97 Å². The number of benzene rings is 1. The number of anilines is 1. The molecule has 3 aromatic rings. The average molecular weight is 368 g/mol. The molecule has 0 saturated carbocycles. The Balaban J connectivity index is 1.67. The second-order valence-corrected chi connectivity index (χ2v) is 6.07. The normalized spacial score (nSPS) is 10.4. The predicted molar refractivity (Wildman–Crippen MR) is 101 cm³/mol. The van der Waals surface area contributed by atoms with E-state index in [1.165, 1.54) is 0 Å². The van der Waals surface area contributed by atoms with Gasteiger partial charge in [-0.1, -0.05) is 35.9 Å². The topological polar surface area (TPSA) is 79.8 Å². The predicted octanol–water partition coefficient (Wildman–Crippen LogP) is 3.38. The summed E-state index contributed by atoms with van der Waals surface area (Å²) in [5.41, 5.74) is 2.71. The van der Waals surface area contributed by atoms with Crippen LogP contribution in [0.4, 0.5) is 5.95 Å². The number of pyridine rings is 1. The van der Waals surface area contributed by atoms with Crippen molar-refractivity contribution in [2.75, 3.05) is 5.32 Å². The molecule has 0 bridgehead atoms. The van der Waals surface area contributed by atoms with Crippen LogP contribution in [0, 0.1) is 6.92 Å². The third-order valence-electron chi connectivity index (χ3n) is 3.64. The SMILES string of the molecule is Cc1cc(C(=O)NCc2ccccn2)nc(NCc2ccccc2Cl)n1. The van der Waals surface area contributed by atoms with E-state index in [1.807, 2.05) is 49.4 Å². The van der Waals surface area contributed by atoms with Gasteiger partial charge in [0.2, 0.25) is 5.95 Å². The van der Waals surface area contributed by atoms with Crippen LogP contribution >= 0.6 is 11.6 Å². The Hall–Kier alpha value is -2.99. The van der Waals surface area contributed by atoms with Gasteiger partial charge in [0, 0.05) is 23.5 Å². The van der Waals surface area contributed by atoms with Crippen molar-refractivity contribution in [1.29, 1.82) is 0 Å². The lowest BCUT2D eigenvalue weighted by atomic mass is 10.2. The fraction of sp³-hybridized carbons (Fsp3) is 0.158. The lowest BCUT2D eigenvalue weighted by Crippen LogP contribution is -2.25. The number of rotatable bonds is 6. The van der Waals surface area contributed by atoms with E-state index in [4.69, 9.17) is 11.6 Å². The van der Waals surface area contributed by atoms with Crippen molar-refractivity contribution in [1.82, 2.24) is 20.3 Å². The maximum atomic E-state index is 12.4. The molecule has 3 rings (SSSR count). The van der Waals surface area contributed by atoms with E-state index >= 15 is 0 Å². The first-order valence-corrected chi connectivity index (χ1v) is 8.50. The number of carbonyl (C=O) groups is 1. The summed E-state index contributed by atoms with van der Waals surface area (Å²) in [7, 11) is 0. The smallest absolute Gasteiger partial charge is 0.270 e. The Kier molecular flexibility index (Phi) is 5.76. The number of amides is 1. The first kappa shape index (κ1) is 17.8. The molecule has 132 valence electrons. The molecule has 0 aliphatic heterocycles. The maximum absolute atomic E-state index is 12.4. The van der Waals surface area contributed by atoms with Crippen LogP contribution in [0.5, 0.6) is 0 Å². The van der Waals surface area contributed by atoms with Crippen LogP contribution in [0.25, 0.3) is 0 Å². The summed E-state index contributed by atoms with van der Waals surface area (Å²) < 4.78 is 0. The highest BCUT2D eigenvalue weighted by Crippen LogP contribution is 2.16. The van der Waals surface area contributed by atoms with Crippen LogP contribution in [-0.4, -0.2) is 20.9 Å². The summed E-state index contributed by atoms with van der Waals surface area (Å²) in [5, 5.41) is 6.59. The minimum Gasteiger partial charge on any atom is -0.350 e. The Bertz CT molecular complexity index is 901. The van der Waals surface area contributed by atoms with Gasteiger partial charge in [0.1, 0.15) is 5.69 Å². The Labute approximate surface area is 156 Å². The molecular formula is C19H18ClN5O. The van der Waals surface area contributed by atoms with Gasteiger partial charge in [0.05, 0.1) is 12.2 Å². The lowest BCUT2D eigenvalue weighted by Gasteiger charge is -2.09. The van der Waals surface area contributed by atoms with E-state index in [1.54, 1.807) is 12.3 Å². The molecule has 0 unspecified atom stereocenters. The van der Waals surface area contributed by atoms with Crippen molar-refractivity contribution in [3.63, 3.8) is 0 Å². The van der Waals surface area contributed by atoms with Crippen molar-refractivity contribution in [3.05, 3.63) is 82.4 Å². The molecule has 0 fully saturated rings. The largest absolute Gasteiger partial charge is 0.350 e. The molecule has 0 spiro atoms. The highest BCUT2D eigenvalue weighted by atomic mass is 35.5. The van der Waals surface area contributed by atoms with Gasteiger partial charge in [0.25, 0.3) is 5.91 Å². The van der Waals surface area contributed by atoms with Crippen molar-refractivity contribution in [2.24, 2.45) is 0 Å². The van der Waals surface area contributed by atoms with Gasteiger partial charge < -0.3 is 10.6 Å². The van der Waals surface area contributed by atoms with Crippen molar-refractivity contribution in [3.8, 4) is 0 Å². The molecule has 1 amide bonds. The van der Waals surface area contributed by atoms with Crippen LogP contribution in [-0.2, 0) is 13.1 Å². The zero-order chi connectivity index (χ0) is 18.4. The van der Waals surface area contributed by atoms with Crippen LogP contribution < -0.4 is 10.6 Å². The second kappa shape index (κ2) is 8.40. The van der Waals surface area contributed by atoms with Gasteiger partial charge in [-0.15, -0.1) is 0 Å². The van der Waals surface area contributed by atoms with Crippen molar-refractivity contribution < 1.29 is 4.79 Å². The van der Waals surface area contributed by atoms with E-state index in [-0.39, 0.29) is 5.91 Å². The second-order valence-electron chi connectivity index (χ2n) is 5.67. The van der Waals surface area contributed by atoms with Gasteiger partial charge in [-0.2, -0.15) is 0 Å². The van der Waals surface area contributed by atoms with Gasteiger partial charge in [-0.05, 0) is 36.8 Å². The van der Waals surface area contributed by atoms with Gasteiger partial charge >= 0.3 is 0 Å². The molecule has 7 heteroatoms. The maximum Gasteiger partial charge on any atom is 0.270 e. The fourth-order valence-electron chi connectivity index (χ4n) is 2.34. The zero-order valence-electron chi connectivity index (χ0n) is 14.2. The van der Waals surface area contributed by atoms with E-state index < -0.39 is 0 Å². The zero-order valence-corrected chi connectivity index (χ0v) is 15.0. The first-order valence-electron chi connectivity index (χ1n) is 8.13. The standard InChI is InChI=1S/C19H18ClN5O/c1-13-10-17(18(26)22-12-15-7-4-5-9-21-15)25-19(24-13)23-11-14-6-2-3-8-16(14)20/h2-10H,11-12H2,1H3,(H,22,26)(H,23,24,25). The molecule has 6 nitrogen and oxygen atoms in total. The number of aromatic nitrogens is 3. The van der Waals surface area contributed by atoms with E-state index in [9.17, 15) is 4.79 Å². The number of aryl methyl sites for hydroxylation is 1. The third kappa shape index (κ3) is 4.77. The number of halogens is 1. The molecule has 0 saturated heterocycles. The van der Waals surface area contributed by atoms with Crippen molar-refractivity contribution in [2.45, 2.75) is 20.0 Å². The molecule has 2 heterocycles. The van der Waals surface area contributed by atoms with Gasteiger partial charge in [-0.3, -0.25) is 9.78 Å². The first-order chi connectivity index (χ1) is 12.6. The highest BCUT2D eigenvalue weighted by molar-refractivity contribution is 6.31. The molecule has 0 aliphatic rings. The summed E-state index contributed by atoms with van der Waals surface area (Å²) in [6.45, 7) is 2.63. The van der Waals surface area contributed by atoms with Crippen LogP contribution in [0.1, 0.15) is 27.4 Å². The number of nitrogens with zero attached hydrogens (tertiary/aromatic N) is 3. The fourth-order valence-corrected chi connectivity index (χ4v) is 2.55. The lowest BCUT2D eigenvalue weighted by molar-refractivity contribution is 0.0945. The Morgan fingerprint density at radius 1 is 1.08 bits per heavy atom. The van der Waals surface area contributed by atoms with Crippen LogP contribution in [0.2, 0.25) is 5.02 Å². The minimum absolute atomic E-state index is 0.276. The number of nitrogens with one attached hydrogen (secondary N) is 2. The third-order valence-corrected chi connectivity index (χ3v) is 4.01. The molecule has 1 aromatic carbocycles. The summed E-state index contributed by atoms with van der Waals surface area (Å²) in [6, 6.07) is 14.7. The summed E-state index contributed by atoms with van der Waals surface area (Å²) in [6.07, 6.45) is 1.69. The Morgan fingerprint density at radius 2 is 1.88 bits per heavy atom. The monoisotopic (exact) mass is 367 g/mol. The highest BCUT2D eigenvalue weighted by Gasteiger charge is 2.11. The summed E-state index contributed by atoms with van der Waals surface area (Å²) in [5.74, 6) is 0.106. The van der Waals surface area contributed by atoms with Crippen molar-refractivity contribution >= 4 is 23.5 Å². The molecule has 2 aromatic heterocycles. The molecule has 0 aliphatic carbocycles. The molecule has 2 N–H and O–H groups in total. The van der Waals surface area contributed by atoms with Crippen LogP contribution in [0.3, 0.4) is 0 Å². The molecule has 26 heavy (non-hydrogen) atoms. The Morgan fingerprint density at radius 3 is 2.65 bits per heavy atom. The van der Waals surface area contributed by atoms with Crippen LogP contribution in [0.15, 0.2) is 54.7 Å². The number of carbonyl (C=O) groups excluding carboxylic acids is 1. The molecular weight excluding hydrogens is 350 g/mol. The molecule has 0 atom stereocenters. The quantitative estimate of drug-likeness (QED) is 0.698. The summed E-state index contributed by atoms with van der Waals surface area (Å²) in [4.78, 5) is 25.2. The van der Waals surface area contributed by atoms with Gasteiger partial charge in [0.15, 0.2) is 0 Å². The minimum atomic E-state index is -0.276. The van der Waals surface area contributed by atoms with E-state index in [2.05, 4.69) is 25.6 Å².